The average molecular weight is 269 g/mol. The smallest absolute Gasteiger partial charge is 0.343 e. The predicted molar refractivity (Wildman–Crippen MR) is 65.7 cm³/mol. The van der Waals surface area contributed by atoms with Crippen LogP contribution in [0.15, 0.2) is 24.3 Å². The van der Waals surface area contributed by atoms with Crippen molar-refractivity contribution in [3.8, 4) is 0 Å². The van der Waals surface area contributed by atoms with E-state index in [0.717, 1.165) is 24.3 Å². The van der Waals surface area contributed by atoms with E-state index in [9.17, 15) is 19.1 Å². The summed E-state index contributed by atoms with van der Waals surface area (Å²) in [4.78, 5) is 23.3. The van der Waals surface area contributed by atoms with Gasteiger partial charge in [-0.05, 0) is 38.5 Å². The molecular weight excluding hydrogens is 253 g/mol. The van der Waals surface area contributed by atoms with Crippen LogP contribution in [0, 0.1) is 5.82 Å². The van der Waals surface area contributed by atoms with Crippen LogP contribution in [0.2, 0.25) is 0 Å². The highest BCUT2D eigenvalue weighted by atomic mass is 19.1. The molecule has 1 aromatic rings. The Morgan fingerprint density at radius 1 is 1.21 bits per heavy atom. The van der Waals surface area contributed by atoms with Crippen molar-refractivity contribution in [1.29, 1.82) is 0 Å². The summed E-state index contributed by atoms with van der Waals surface area (Å²) in [6.45, 7) is 4.79. The summed E-state index contributed by atoms with van der Waals surface area (Å²) in [6.07, 6.45) is 0. The number of aliphatic carboxylic acids is 1. The van der Waals surface area contributed by atoms with Gasteiger partial charge in [0.15, 0.2) is 0 Å². The van der Waals surface area contributed by atoms with Crippen molar-refractivity contribution in [2.75, 3.05) is 0 Å². The maximum atomic E-state index is 12.8. The molecule has 19 heavy (non-hydrogen) atoms. The van der Waals surface area contributed by atoms with Gasteiger partial charge in [-0.3, -0.25) is 0 Å². The Kier molecular flexibility index (Phi) is 3.95. The molecule has 0 bridgehead atoms. The second kappa shape index (κ2) is 4.97. The molecule has 0 saturated carbocycles. The largest absolute Gasteiger partial charge is 0.479 e. The van der Waals surface area contributed by atoms with Gasteiger partial charge in [-0.15, -0.1) is 0 Å². The van der Waals surface area contributed by atoms with Crippen LogP contribution >= 0.6 is 0 Å². The Bertz CT molecular complexity index is 492. The number of halogens is 1. The van der Waals surface area contributed by atoms with Gasteiger partial charge < -0.3 is 15.6 Å². The number of ether oxygens (including phenoxy) is 1. The third-order valence-corrected chi connectivity index (χ3v) is 2.36. The first-order chi connectivity index (χ1) is 8.57. The van der Waals surface area contributed by atoms with Gasteiger partial charge in [0.05, 0.1) is 0 Å². The van der Waals surface area contributed by atoms with Crippen molar-refractivity contribution >= 4 is 11.9 Å². The van der Waals surface area contributed by atoms with E-state index in [4.69, 9.17) is 10.5 Å². The van der Waals surface area contributed by atoms with Crippen molar-refractivity contribution in [1.82, 2.24) is 0 Å². The number of esters is 1. The maximum Gasteiger partial charge on any atom is 0.343 e. The summed E-state index contributed by atoms with van der Waals surface area (Å²) >= 11 is 0. The summed E-state index contributed by atoms with van der Waals surface area (Å²) in [7, 11) is 0. The fraction of sp³-hybridized carbons (Fsp3) is 0.385. The zero-order valence-corrected chi connectivity index (χ0v) is 10.9. The zero-order chi connectivity index (χ0) is 14.8. The molecule has 5 nitrogen and oxygen atoms in total. The number of benzene rings is 1. The SMILES string of the molecule is CC(C)(C)OC(=O)[C@](N)(C(=O)O)c1ccc(F)cc1. The van der Waals surface area contributed by atoms with Gasteiger partial charge in [-0.25, -0.2) is 14.0 Å². The lowest BCUT2D eigenvalue weighted by atomic mass is 9.91. The van der Waals surface area contributed by atoms with Crippen LogP contribution in [0.4, 0.5) is 4.39 Å². The Morgan fingerprint density at radius 2 is 1.68 bits per heavy atom. The molecule has 0 aromatic heterocycles. The molecule has 0 spiro atoms. The molecule has 1 atom stereocenters. The first-order valence-electron chi connectivity index (χ1n) is 5.59. The number of carboxylic acid groups (broad SMARTS) is 1. The Morgan fingerprint density at radius 3 is 2.05 bits per heavy atom. The maximum absolute atomic E-state index is 12.8. The van der Waals surface area contributed by atoms with Crippen molar-refractivity contribution in [2.24, 2.45) is 5.73 Å². The van der Waals surface area contributed by atoms with Gasteiger partial charge in [0.25, 0.3) is 0 Å². The lowest BCUT2D eigenvalue weighted by Gasteiger charge is -2.28. The molecule has 0 heterocycles. The zero-order valence-electron chi connectivity index (χ0n) is 10.9. The van der Waals surface area contributed by atoms with Gasteiger partial charge >= 0.3 is 11.9 Å². The number of carboxylic acids is 1. The summed E-state index contributed by atoms with van der Waals surface area (Å²) < 4.78 is 17.9. The summed E-state index contributed by atoms with van der Waals surface area (Å²) in [5.74, 6) is -3.21. The lowest BCUT2D eigenvalue weighted by molar-refractivity contribution is -0.169. The predicted octanol–water partition coefficient (Wildman–Crippen LogP) is 1.41. The molecule has 0 saturated heterocycles. The molecule has 1 rings (SSSR count). The minimum Gasteiger partial charge on any atom is -0.479 e. The van der Waals surface area contributed by atoms with E-state index in [1.165, 1.54) is 0 Å². The van der Waals surface area contributed by atoms with E-state index in [2.05, 4.69) is 0 Å². The van der Waals surface area contributed by atoms with E-state index in [1.807, 2.05) is 0 Å². The van der Waals surface area contributed by atoms with Gasteiger partial charge in [-0.2, -0.15) is 0 Å². The standard InChI is InChI=1S/C13H16FNO4/c1-12(2,3)19-11(18)13(15,10(16)17)8-4-6-9(14)7-5-8/h4-7H,15H2,1-3H3,(H,16,17)/t13-/m1/s1. The van der Waals surface area contributed by atoms with E-state index in [-0.39, 0.29) is 5.56 Å². The molecule has 0 fully saturated rings. The van der Waals surface area contributed by atoms with Crippen molar-refractivity contribution in [3.63, 3.8) is 0 Å². The normalized spacial score (nSPS) is 14.6. The second-order valence-corrected chi connectivity index (χ2v) is 5.12. The van der Waals surface area contributed by atoms with Gasteiger partial charge in [0.2, 0.25) is 5.54 Å². The number of hydrogen-bond acceptors (Lipinski definition) is 4. The number of rotatable bonds is 3. The Labute approximate surface area is 110 Å². The fourth-order valence-electron chi connectivity index (χ4n) is 1.40. The highest BCUT2D eigenvalue weighted by molar-refractivity contribution is 6.04. The minimum atomic E-state index is -2.36. The van der Waals surface area contributed by atoms with Crippen LogP contribution in [-0.4, -0.2) is 22.6 Å². The summed E-state index contributed by atoms with van der Waals surface area (Å²) in [5.41, 5.74) is 2.38. The highest BCUT2D eigenvalue weighted by Crippen LogP contribution is 2.23. The van der Waals surface area contributed by atoms with Gasteiger partial charge in [-0.1, -0.05) is 12.1 Å². The first-order valence-corrected chi connectivity index (χ1v) is 5.59. The molecular formula is C13H16FNO4. The number of carbonyl (C=O) groups excluding carboxylic acids is 1. The monoisotopic (exact) mass is 269 g/mol. The molecule has 6 heteroatoms. The summed E-state index contributed by atoms with van der Waals surface area (Å²) in [5, 5.41) is 9.20. The molecule has 0 amide bonds. The topological polar surface area (TPSA) is 89.6 Å². The van der Waals surface area contributed by atoms with Crippen LogP contribution in [0.1, 0.15) is 26.3 Å². The molecule has 1 aromatic carbocycles. The van der Waals surface area contributed by atoms with Crippen LogP contribution in [0.25, 0.3) is 0 Å². The van der Waals surface area contributed by atoms with E-state index in [0.29, 0.717) is 0 Å². The quantitative estimate of drug-likeness (QED) is 0.639. The molecule has 0 aliphatic carbocycles. The van der Waals surface area contributed by atoms with Crippen molar-refractivity contribution in [3.05, 3.63) is 35.6 Å². The molecule has 0 aliphatic rings. The van der Waals surface area contributed by atoms with Gasteiger partial charge in [0.1, 0.15) is 11.4 Å². The Hall–Kier alpha value is -1.95. The molecule has 3 N–H and O–H groups in total. The lowest BCUT2D eigenvalue weighted by Crippen LogP contribution is -2.54. The van der Waals surface area contributed by atoms with E-state index >= 15 is 0 Å². The van der Waals surface area contributed by atoms with Crippen LogP contribution < -0.4 is 5.73 Å². The average Bonchev–Trinajstić information content (AvgIpc) is 2.26. The van der Waals surface area contributed by atoms with Crippen LogP contribution in [-0.2, 0) is 19.9 Å². The summed E-state index contributed by atoms with van der Waals surface area (Å²) in [6, 6.07) is 4.36. The molecule has 0 aliphatic heterocycles. The number of hydrogen-bond donors (Lipinski definition) is 2. The van der Waals surface area contributed by atoms with Crippen LogP contribution in [0.5, 0.6) is 0 Å². The molecule has 104 valence electrons. The van der Waals surface area contributed by atoms with Crippen LogP contribution in [0.3, 0.4) is 0 Å². The Balaban J connectivity index is 3.21. The number of nitrogens with two attached hydrogens (primary N) is 1. The molecule has 0 radical (unpaired) electrons. The third-order valence-electron chi connectivity index (χ3n) is 2.36. The third kappa shape index (κ3) is 3.29. The van der Waals surface area contributed by atoms with Crippen molar-refractivity contribution in [2.45, 2.75) is 31.9 Å². The van der Waals surface area contributed by atoms with Gasteiger partial charge in [0, 0.05) is 0 Å². The van der Waals surface area contributed by atoms with Crippen molar-refractivity contribution < 1.29 is 23.8 Å². The highest BCUT2D eigenvalue weighted by Gasteiger charge is 2.47. The molecule has 0 unspecified atom stereocenters. The minimum absolute atomic E-state index is 0.0457. The number of carbonyl (C=O) groups is 2. The first kappa shape index (κ1) is 15.1. The van der Waals surface area contributed by atoms with E-state index < -0.39 is 28.9 Å². The second-order valence-electron chi connectivity index (χ2n) is 5.12. The fourth-order valence-corrected chi connectivity index (χ4v) is 1.40. The van der Waals surface area contributed by atoms with E-state index in [1.54, 1.807) is 20.8 Å².